The Morgan fingerprint density at radius 1 is 1.24 bits per heavy atom. The lowest BCUT2D eigenvalue weighted by Crippen LogP contribution is -2.05. The van der Waals surface area contributed by atoms with Crippen molar-refractivity contribution >= 4 is 21.2 Å². The summed E-state index contributed by atoms with van der Waals surface area (Å²) in [5.74, 6) is -0.977. The number of halogens is 3. The van der Waals surface area contributed by atoms with Crippen LogP contribution in [0.2, 0.25) is 0 Å². The van der Waals surface area contributed by atoms with Crippen LogP contribution in [0, 0.1) is 12.7 Å². The lowest BCUT2D eigenvalue weighted by molar-refractivity contribution is 0.145. The number of hydrogen-bond donors (Lipinski definition) is 0. The molecule has 0 unspecified atom stereocenters. The lowest BCUT2D eigenvalue weighted by atomic mass is 10.3. The van der Waals surface area contributed by atoms with Gasteiger partial charge in [0.2, 0.25) is 0 Å². The first-order chi connectivity index (χ1) is 11.7. The first-order valence-corrected chi connectivity index (χ1v) is 9.74. The number of aromatic nitrogens is 3. The highest BCUT2D eigenvalue weighted by molar-refractivity contribution is 7.90. The zero-order valence-electron chi connectivity index (χ0n) is 13.1. The van der Waals surface area contributed by atoms with Crippen LogP contribution in [0.4, 0.5) is 13.2 Å². The van der Waals surface area contributed by atoms with Gasteiger partial charge in [0.1, 0.15) is 27.1 Å². The zero-order chi connectivity index (χ0) is 18.4. The van der Waals surface area contributed by atoms with Crippen LogP contribution in [-0.4, -0.2) is 29.4 Å². The molecule has 3 rings (SSSR count). The van der Waals surface area contributed by atoms with Gasteiger partial charge in [-0.2, -0.15) is 5.10 Å². The summed E-state index contributed by atoms with van der Waals surface area (Å²) in [5, 5.41) is 6.02. The maximum atomic E-state index is 14.2. The predicted octanol–water partition coefficient (Wildman–Crippen LogP) is 3.78. The van der Waals surface area contributed by atoms with Crippen molar-refractivity contribution in [2.75, 3.05) is 6.26 Å². The average molecular weight is 387 g/mol. The summed E-state index contributed by atoms with van der Waals surface area (Å²) < 4.78 is 64.4. The lowest BCUT2D eigenvalue weighted by Gasteiger charge is -2.08. The Morgan fingerprint density at radius 2 is 1.96 bits per heavy atom. The van der Waals surface area contributed by atoms with E-state index in [1.54, 1.807) is 12.3 Å². The van der Waals surface area contributed by atoms with E-state index in [9.17, 15) is 21.6 Å². The van der Waals surface area contributed by atoms with E-state index in [2.05, 4.69) is 10.1 Å². The van der Waals surface area contributed by atoms with E-state index in [1.165, 1.54) is 23.5 Å². The molecule has 0 fully saturated rings. The van der Waals surface area contributed by atoms with Gasteiger partial charge in [0.05, 0.1) is 5.69 Å². The molecule has 132 valence electrons. The van der Waals surface area contributed by atoms with Crippen molar-refractivity contribution in [3.05, 3.63) is 46.9 Å². The van der Waals surface area contributed by atoms with Crippen LogP contribution in [-0.2, 0) is 9.84 Å². The fourth-order valence-electron chi connectivity index (χ4n) is 2.25. The number of aryl methyl sites for hydroxylation is 1. The molecule has 3 aromatic rings. The number of nitrogens with zero attached hydrogens (tertiary/aromatic N) is 3. The smallest absolute Gasteiger partial charge is 0.240 e. The van der Waals surface area contributed by atoms with Gasteiger partial charge in [-0.25, -0.2) is 31.3 Å². The Hall–Kier alpha value is -2.20. The third-order valence-corrected chi connectivity index (χ3v) is 5.46. The van der Waals surface area contributed by atoms with Gasteiger partial charge in [0.25, 0.3) is 6.43 Å². The van der Waals surface area contributed by atoms with Crippen LogP contribution in [0.5, 0.6) is 0 Å². The summed E-state index contributed by atoms with van der Waals surface area (Å²) in [7, 11) is -3.73. The van der Waals surface area contributed by atoms with Gasteiger partial charge < -0.3 is 0 Å². The second-order valence-corrected chi connectivity index (χ2v) is 8.19. The van der Waals surface area contributed by atoms with E-state index in [0.29, 0.717) is 10.7 Å². The standard InChI is InChI=1S/C15H12F3N3O2S2/c1-8-7-24-15(19-8)12-6-11(14(17)18)20-21(12)9-3-4-13(10(16)5-9)25(2,22)23/h3-7,14H,1-2H3. The molecule has 0 N–H and O–H groups in total. The molecule has 0 radical (unpaired) electrons. The largest absolute Gasteiger partial charge is 0.282 e. The quantitative estimate of drug-likeness (QED) is 0.683. The number of thiazole rings is 1. The van der Waals surface area contributed by atoms with Gasteiger partial charge in [-0.1, -0.05) is 0 Å². The van der Waals surface area contributed by atoms with Gasteiger partial charge in [0, 0.05) is 23.4 Å². The van der Waals surface area contributed by atoms with Gasteiger partial charge in [-0.05, 0) is 25.1 Å². The molecule has 0 aliphatic heterocycles. The molecule has 25 heavy (non-hydrogen) atoms. The summed E-state index contributed by atoms with van der Waals surface area (Å²) in [4.78, 5) is 3.77. The van der Waals surface area contributed by atoms with Crippen LogP contribution in [0.3, 0.4) is 0 Å². The van der Waals surface area contributed by atoms with E-state index < -0.39 is 32.7 Å². The van der Waals surface area contributed by atoms with Crippen molar-refractivity contribution in [1.29, 1.82) is 0 Å². The summed E-state index contributed by atoms with van der Waals surface area (Å²) in [5.41, 5.74) is 0.639. The number of benzene rings is 1. The van der Waals surface area contributed by atoms with Gasteiger partial charge in [-0.3, -0.25) is 0 Å². The third kappa shape index (κ3) is 3.45. The SMILES string of the molecule is Cc1csc(-c2cc(C(F)F)nn2-c2ccc(S(C)(=O)=O)c(F)c2)n1. The van der Waals surface area contributed by atoms with Crippen molar-refractivity contribution in [3.63, 3.8) is 0 Å². The molecule has 2 aromatic heterocycles. The molecule has 0 bridgehead atoms. The molecule has 10 heteroatoms. The predicted molar refractivity (Wildman–Crippen MR) is 87.4 cm³/mol. The number of hydrogen-bond acceptors (Lipinski definition) is 5. The summed E-state index contributed by atoms with van der Waals surface area (Å²) in [6.45, 7) is 1.76. The minimum absolute atomic E-state index is 0.125. The maximum Gasteiger partial charge on any atom is 0.282 e. The van der Waals surface area contributed by atoms with Crippen LogP contribution in [0.1, 0.15) is 17.8 Å². The van der Waals surface area contributed by atoms with Crippen molar-refractivity contribution in [2.24, 2.45) is 0 Å². The second-order valence-electron chi connectivity index (χ2n) is 5.35. The topological polar surface area (TPSA) is 64.8 Å². The Bertz CT molecular complexity index is 1040. The fraction of sp³-hybridized carbons (Fsp3) is 0.200. The van der Waals surface area contributed by atoms with Crippen LogP contribution in [0.25, 0.3) is 16.4 Å². The molecule has 0 saturated carbocycles. The minimum Gasteiger partial charge on any atom is -0.240 e. The van der Waals surface area contributed by atoms with Gasteiger partial charge >= 0.3 is 0 Å². The van der Waals surface area contributed by atoms with E-state index in [4.69, 9.17) is 0 Å². The normalized spacial score (nSPS) is 12.1. The molecule has 0 atom stereocenters. The van der Waals surface area contributed by atoms with E-state index in [1.807, 2.05) is 0 Å². The summed E-state index contributed by atoms with van der Waals surface area (Å²) in [6, 6.07) is 4.53. The first-order valence-electron chi connectivity index (χ1n) is 6.97. The Morgan fingerprint density at radius 3 is 2.48 bits per heavy atom. The zero-order valence-corrected chi connectivity index (χ0v) is 14.7. The fourth-order valence-corrected chi connectivity index (χ4v) is 3.78. The van der Waals surface area contributed by atoms with Crippen molar-refractivity contribution in [2.45, 2.75) is 18.2 Å². The van der Waals surface area contributed by atoms with Crippen LogP contribution < -0.4 is 0 Å². The average Bonchev–Trinajstić information content (AvgIpc) is 3.11. The van der Waals surface area contributed by atoms with Gasteiger partial charge in [-0.15, -0.1) is 11.3 Å². The van der Waals surface area contributed by atoms with E-state index in [0.717, 1.165) is 23.1 Å². The highest BCUT2D eigenvalue weighted by Gasteiger charge is 2.21. The molecule has 0 aliphatic carbocycles. The van der Waals surface area contributed by atoms with E-state index in [-0.39, 0.29) is 11.4 Å². The first kappa shape index (κ1) is 17.6. The highest BCUT2D eigenvalue weighted by atomic mass is 32.2. The van der Waals surface area contributed by atoms with Crippen molar-refractivity contribution < 1.29 is 21.6 Å². The van der Waals surface area contributed by atoms with Crippen LogP contribution >= 0.6 is 11.3 Å². The van der Waals surface area contributed by atoms with E-state index >= 15 is 0 Å². The molecular weight excluding hydrogens is 375 g/mol. The van der Waals surface area contributed by atoms with Gasteiger partial charge in [0.15, 0.2) is 9.84 Å². The molecule has 0 spiro atoms. The number of rotatable bonds is 4. The summed E-state index contributed by atoms with van der Waals surface area (Å²) in [6.07, 6.45) is -1.92. The number of alkyl halides is 2. The molecule has 0 saturated heterocycles. The molecule has 0 amide bonds. The summed E-state index contributed by atoms with van der Waals surface area (Å²) >= 11 is 1.24. The second kappa shape index (κ2) is 6.26. The maximum absolute atomic E-state index is 14.2. The molecule has 2 heterocycles. The monoisotopic (exact) mass is 387 g/mol. The molecule has 5 nitrogen and oxygen atoms in total. The number of sulfone groups is 1. The minimum atomic E-state index is -3.73. The van der Waals surface area contributed by atoms with Crippen molar-refractivity contribution in [3.8, 4) is 16.4 Å². The highest BCUT2D eigenvalue weighted by Crippen LogP contribution is 2.31. The third-order valence-electron chi connectivity index (χ3n) is 3.35. The molecule has 0 aliphatic rings. The van der Waals surface area contributed by atoms with Crippen LogP contribution in [0.15, 0.2) is 34.5 Å². The molecule has 1 aromatic carbocycles. The molecular formula is C15H12F3N3O2S2. The Kier molecular flexibility index (Phi) is 4.41. The Labute approximate surface area is 145 Å². The van der Waals surface area contributed by atoms with Crippen molar-refractivity contribution in [1.82, 2.24) is 14.8 Å². The Balaban J connectivity index is 2.18.